The minimum Gasteiger partial charge on any atom is -0.376 e. The maximum atomic E-state index is 5.75. The summed E-state index contributed by atoms with van der Waals surface area (Å²) in [4.78, 5) is 2.48. The highest BCUT2D eigenvalue weighted by molar-refractivity contribution is 5.54. The van der Waals surface area contributed by atoms with Gasteiger partial charge in [0, 0.05) is 38.5 Å². The van der Waals surface area contributed by atoms with E-state index < -0.39 is 0 Å². The lowest BCUT2D eigenvalue weighted by molar-refractivity contribution is 0.115. The number of hydrogen-bond donors (Lipinski definition) is 1. The van der Waals surface area contributed by atoms with E-state index in [1.807, 2.05) is 0 Å². The average Bonchev–Trinajstić information content (AvgIpc) is 2.78. The normalized spacial score (nSPS) is 24.5. The molecule has 92 valence electrons. The van der Waals surface area contributed by atoms with Gasteiger partial charge in [0.25, 0.3) is 0 Å². The molecule has 0 aromatic heterocycles. The standard InChI is InChI=1S/C14H20N2O/c1-2-6-14-12(4-1)10-15-7-8-16(14)11-13-5-3-9-17-13/h1-2,4,6,13,15H,3,5,7-11H2. The Hall–Kier alpha value is -1.06. The zero-order chi connectivity index (χ0) is 11.5. The molecule has 0 radical (unpaired) electrons. The topological polar surface area (TPSA) is 24.5 Å². The number of nitrogens with zero attached hydrogens (tertiary/aromatic N) is 1. The summed E-state index contributed by atoms with van der Waals surface area (Å²) in [6.45, 7) is 5.10. The van der Waals surface area contributed by atoms with Crippen LogP contribution in [0.4, 0.5) is 5.69 Å². The molecule has 2 aliphatic rings. The van der Waals surface area contributed by atoms with Crippen LogP contribution in [0.3, 0.4) is 0 Å². The van der Waals surface area contributed by atoms with Crippen LogP contribution >= 0.6 is 0 Å². The Morgan fingerprint density at radius 2 is 2.29 bits per heavy atom. The molecule has 0 spiro atoms. The number of hydrogen-bond acceptors (Lipinski definition) is 3. The van der Waals surface area contributed by atoms with E-state index in [1.165, 1.54) is 24.1 Å². The number of ether oxygens (including phenoxy) is 1. The van der Waals surface area contributed by atoms with Gasteiger partial charge in [0.1, 0.15) is 0 Å². The fourth-order valence-electron chi connectivity index (χ4n) is 2.75. The molecule has 0 saturated carbocycles. The van der Waals surface area contributed by atoms with Crippen LogP contribution in [0, 0.1) is 0 Å². The summed E-state index contributed by atoms with van der Waals surface area (Å²) in [5, 5.41) is 3.48. The summed E-state index contributed by atoms with van der Waals surface area (Å²) in [6.07, 6.45) is 2.87. The molecule has 1 aromatic carbocycles. The molecule has 0 amide bonds. The van der Waals surface area contributed by atoms with E-state index in [2.05, 4.69) is 34.5 Å². The molecule has 0 bridgehead atoms. The Morgan fingerprint density at radius 1 is 1.35 bits per heavy atom. The summed E-state index contributed by atoms with van der Waals surface area (Å²) in [6, 6.07) is 8.70. The molecule has 1 unspecified atom stereocenters. The molecule has 1 atom stereocenters. The van der Waals surface area contributed by atoms with Crippen LogP contribution in [-0.4, -0.2) is 32.3 Å². The van der Waals surface area contributed by atoms with Crippen LogP contribution in [0.25, 0.3) is 0 Å². The van der Waals surface area contributed by atoms with Gasteiger partial charge in [-0.15, -0.1) is 0 Å². The molecule has 17 heavy (non-hydrogen) atoms. The second kappa shape index (κ2) is 5.07. The second-order valence-corrected chi connectivity index (χ2v) is 4.89. The van der Waals surface area contributed by atoms with Gasteiger partial charge in [-0.3, -0.25) is 0 Å². The Labute approximate surface area is 103 Å². The van der Waals surface area contributed by atoms with Crippen molar-refractivity contribution >= 4 is 5.69 Å². The lowest BCUT2D eigenvalue weighted by Gasteiger charge is -2.27. The Morgan fingerprint density at radius 3 is 3.18 bits per heavy atom. The maximum absolute atomic E-state index is 5.75. The first kappa shape index (κ1) is 11.1. The number of benzene rings is 1. The van der Waals surface area contributed by atoms with Gasteiger partial charge in [-0.05, 0) is 24.5 Å². The Kier molecular flexibility index (Phi) is 3.29. The second-order valence-electron chi connectivity index (χ2n) is 4.89. The van der Waals surface area contributed by atoms with Crippen molar-refractivity contribution in [2.24, 2.45) is 0 Å². The van der Waals surface area contributed by atoms with Gasteiger partial charge in [0.05, 0.1) is 6.10 Å². The molecular formula is C14H20N2O. The molecule has 3 rings (SSSR count). The van der Waals surface area contributed by atoms with Crippen molar-refractivity contribution in [3.05, 3.63) is 29.8 Å². The highest BCUT2D eigenvalue weighted by Gasteiger charge is 2.21. The molecule has 2 heterocycles. The lowest BCUT2D eigenvalue weighted by Crippen LogP contribution is -2.35. The van der Waals surface area contributed by atoms with Crippen LogP contribution in [0.2, 0.25) is 0 Å². The SMILES string of the molecule is c1ccc2c(c1)CNCCN2CC1CCCO1. The van der Waals surface area contributed by atoms with Crippen molar-refractivity contribution in [2.75, 3.05) is 31.1 Å². The highest BCUT2D eigenvalue weighted by atomic mass is 16.5. The smallest absolute Gasteiger partial charge is 0.0750 e. The van der Waals surface area contributed by atoms with Crippen LogP contribution in [-0.2, 0) is 11.3 Å². The van der Waals surface area contributed by atoms with Gasteiger partial charge < -0.3 is 15.0 Å². The van der Waals surface area contributed by atoms with Crippen molar-refractivity contribution in [2.45, 2.75) is 25.5 Å². The van der Waals surface area contributed by atoms with E-state index in [4.69, 9.17) is 4.74 Å². The molecule has 1 saturated heterocycles. The summed E-state index contributed by atoms with van der Waals surface area (Å²) >= 11 is 0. The number of para-hydroxylation sites is 1. The van der Waals surface area contributed by atoms with Crippen molar-refractivity contribution in [3.8, 4) is 0 Å². The van der Waals surface area contributed by atoms with E-state index in [1.54, 1.807) is 0 Å². The Bertz CT molecular complexity index is 374. The number of fused-ring (bicyclic) bond motifs is 1. The third-order valence-electron chi connectivity index (χ3n) is 3.65. The first-order chi connectivity index (χ1) is 8.43. The molecule has 1 fully saturated rings. The van der Waals surface area contributed by atoms with Crippen LogP contribution in [0.15, 0.2) is 24.3 Å². The van der Waals surface area contributed by atoms with Gasteiger partial charge in [-0.25, -0.2) is 0 Å². The lowest BCUT2D eigenvalue weighted by atomic mass is 10.1. The van der Waals surface area contributed by atoms with Crippen LogP contribution < -0.4 is 10.2 Å². The molecule has 1 aromatic rings. The van der Waals surface area contributed by atoms with Gasteiger partial charge in [-0.2, -0.15) is 0 Å². The van der Waals surface area contributed by atoms with Crippen molar-refractivity contribution in [1.82, 2.24) is 5.32 Å². The average molecular weight is 232 g/mol. The van der Waals surface area contributed by atoms with Crippen LogP contribution in [0.1, 0.15) is 18.4 Å². The van der Waals surface area contributed by atoms with Gasteiger partial charge in [0.2, 0.25) is 0 Å². The van der Waals surface area contributed by atoms with E-state index in [0.29, 0.717) is 6.10 Å². The Balaban J connectivity index is 1.78. The molecule has 1 N–H and O–H groups in total. The first-order valence-corrected chi connectivity index (χ1v) is 6.58. The fourth-order valence-corrected chi connectivity index (χ4v) is 2.75. The first-order valence-electron chi connectivity index (χ1n) is 6.58. The van der Waals surface area contributed by atoms with Gasteiger partial charge in [0.15, 0.2) is 0 Å². The molecule has 3 heteroatoms. The van der Waals surface area contributed by atoms with Crippen molar-refractivity contribution < 1.29 is 4.74 Å². The minimum atomic E-state index is 0.432. The number of anilines is 1. The zero-order valence-electron chi connectivity index (χ0n) is 10.2. The quantitative estimate of drug-likeness (QED) is 0.841. The summed E-state index contributed by atoms with van der Waals surface area (Å²) < 4.78 is 5.75. The van der Waals surface area contributed by atoms with Gasteiger partial charge in [-0.1, -0.05) is 18.2 Å². The third-order valence-corrected chi connectivity index (χ3v) is 3.65. The van der Waals surface area contributed by atoms with Gasteiger partial charge >= 0.3 is 0 Å². The molecule has 0 aliphatic carbocycles. The maximum Gasteiger partial charge on any atom is 0.0750 e. The van der Waals surface area contributed by atoms with Crippen molar-refractivity contribution in [3.63, 3.8) is 0 Å². The predicted molar refractivity (Wildman–Crippen MR) is 69.3 cm³/mol. The highest BCUT2D eigenvalue weighted by Crippen LogP contribution is 2.24. The summed E-state index contributed by atoms with van der Waals surface area (Å²) in [5.74, 6) is 0. The summed E-state index contributed by atoms with van der Waals surface area (Å²) in [5.41, 5.74) is 2.79. The van der Waals surface area contributed by atoms with E-state index in [-0.39, 0.29) is 0 Å². The largest absolute Gasteiger partial charge is 0.376 e. The van der Waals surface area contributed by atoms with Crippen molar-refractivity contribution in [1.29, 1.82) is 0 Å². The molecular weight excluding hydrogens is 212 g/mol. The van der Waals surface area contributed by atoms with E-state index >= 15 is 0 Å². The van der Waals surface area contributed by atoms with Crippen LogP contribution in [0.5, 0.6) is 0 Å². The fraction of sp³-hybridized carbons (Fsp3) is 0.571. The molecule has 3 nitrogen and oxygen atoms in total. The predicted octanol–water partition coefficient (Wildman–Crippen LogP) is 1.78. The van der Waals surface area contributed by atoms with E-state index in [9.17, 15) is 0 Å². The zero-order valence-corrected chi connectivity index (χ0v) is 10.2. The minimum absolute atomic E-state index is 0.432. The monoisotopic (exact) mass is 232 g/mol. The van der Waals surface area contributed by atoms with E-state index in [0.717, 1.165) is 32.8 Å². The third kappa shape index (κ3) is 2.45. The molecule has 2 aliphatic heterocycles. The number of rotatable bonds is 2. The summed E-state index contributed by atoms with van der Waals surface area (Å²) in [7, 11) is 0. The number of nitrogens with one attached hydrogen (secondary N) is 1.